The summed E-state index contributed by atoms with van der Waals surface area (Å²) in [6.07, 6.45) is 0. The number of imide groups is 1. The van der Waals surface area contributed by atoms with Crippen LogP contribution in [0.1, 0.15) is 20.7 Å². The SMILES string of the molecule is CN1C(=O)c2cc(O)c(O)cc2C1=O. The van der Waals surface area contributed by atoms with Crippen molar-refractivity contribution in [1.82, 2.24) is 4.90 Å². The summed E-state index contributed by atoms with van der Waals surface area (Å²) in [5.74, 6) is -1.75. The average molecular weight is 193 g/mol. The Bertz CT molecular complexity index is 411. The molecule has 2 rings (SSSR count). The van der Waals surface area contributed by atoms with Crippen LogP contribution in [0.15, 0.2) is 12.1 Å². The standard InChI is InChI=1S/C9H7NO4/c1-10-8(13)4-2-6(11)7(12)3-5(4)9(10)14/h2-3,11-12H,1H3. The highest BCUT2D eigenvalue weighted by Gasteiger charge is 2.33. The second-order valence-corrected chi connectivity index (χ2v) is 3.06. The Hall–Kier alpha value is -2.04. The molecule has 0 aromatic heterocycles. The molecule has 5 nitrogen and oxygen atoms in total. The molecule has 0 fully saturated rings. The summed E-state index contributed by atoms with van der Waals surface area (Å²) < 4.78 is 0. The predicted molar refractivity (Wildman–Crippen MR) is 46.2 cm³/mol. The highest BCUT2D eigenvalue weighted by atomic mass is 16.3. The summed E-state index contributed by atoms with van der Waals surface area (Å²) in [6.45, 7) is 0. The molecule has 0 radical (unpaired) electrons. The lowest BCUT2D eigenvalue weighted by molar-refractivity contribution is 0.0693. The largest absolute Gasteiger partial charge is 0.504 e. The number of aromatic hydroxyl groups is 2. The molecule has 0 unspecified atom stereocenters. The van der Waals surface area contributed by atoms with Gasteiger partial charge in [-0.25, -0.2) is 0 Å². The number of carbonyl (C=O) groups is 2. The topological polar surface area (TPSA) is 77.8 Å². The zero-order chi connectivity index (χ0) is 10.5. The molecule has 5 heteroatoms. The van der Waals surface area contributed by atoms with Crippen molar-refractivity contribution in [3.8, 4) is 11.5 Å². The first-order valence-electron chi connectivity index (χ1n) is 3.90. The van der Waals surface area contributed by atoms with Crippen molar-refractivity contribution in [3.05, 3.63) is 23.3 Å². The summed E-state index contributed by atoms with van der Waals surface area (Å²) in [6, 6.07) is 2.18. The smallest absolute Gasteiger partial charge is 0.261 e. The maximum absolute atomic E-state index is 11.4. The van der Waals surface area contributed by atoms with Gasteiger partial charge in [-0.3, -0.25) is 14.5 Å². The third-order valence-corrected chi connectivity index (χ3v) is 2.18. The predicted octanol–water partition coefficient (Wildman–Crippen LogP) is 0.324. The van der Waals surface area contributed by atoms with Crippen LogP contribution in [-0.4, -0.2) is 34.0 Å². The molecule has 0 saturated carbocycles. The van der Waals surface area contributed by atoms with Crippen molar-refractivity contribution in [2.75, 3.05) is 7.05 Å². The molecular weight excluding hydrogens is 186 g/mol. The Kier molecular flexibility index (Phi) is 1.51. The monoisotopic (exact) mass is 193 g/mol. The summed E-state index contributed by atoms with van der Waals surface area (Å²) in [4.78, 5) is 23.7. The van der Waals surface area contributed by atoms with Gasteiger partial charge in [-0.05, 0) is 12.1 Å². The minimum Gasteiger partial charge on any atom is -0.504 e. The molecule has 1 aromatic carbocycles. The number of carbonyl (C=O) groups excluding carboxylic acids is 2. The quantitative estimate of drug-likeness (QED) is 0.459. The van der Waals surface area contributed by atoms with Crippen LogP contribution in [0.2, 0.25) is 0 Å². The molecule has 1 aromatic rings. The van der Waals surface area contributed by atoms with Crippen molar-refractivity contribution in [2.45, 2.75) is 0 Å². The van der Waals surface area contributed by atoms with E-state index < -0.39 is 23.3 Å². The van der Waals surface area contributed by atoms with E-state index in [1.165, 1.54) is 7.05 Å². The van der Waals surface area contributed by atoms with Crippen LogP contribution in [0.25, 0.3) is 0 Å². The fourth-order valence-electron chi connectivity index (χ4n) is 1.38. The molecule has 1 heterocycles. The Labute approximate surface area is 79.2 Å². The molecule has 2 N–H and O–H groups in total. The molecule has 0 bridgehead atoms. The maximum Gasteiger partial charge on any atom is 0.261 e. The summed E-state index contributed by atoms with van der Waals surface area (Å²) >= 11 is 0. The van der Waals surface area contributed by atoms with Crippen LogP contribution in [0.5, 0.6) is 11.5 Å². The number of phenolic OH excluding ortho intramolecular Hbond substituents is 2. The number of hydrogen-bond acceptors (Lipinski definition) is 4. The zero-order valence-corrected chi connectivity index (χ0v) is 7.31. The Morgan fingerprint density at radius 1 is 1.00 bits per heavy atom. The van der Waals surface area contributed by atoms with Gasteiger partial charge in [0.05, 0.1) is 11.1 Å². The number of phenols is 2. The average Bonchev–Trinajstić information content (AvgIpc) is 2.34. The van der Waals surface area contributed by atoms with Gasteiger partial charge in [0.2, 0.25) is 0 Å². The second-order valence-electron chi connectivity index (χ2n) is 3.06. The molecule has 0 spiro atoms. The van der Waals surface area contributed by atoms with E-state index in [0.717, 1.165) is 17.0 Å². The molecule has 2 amide bonds. The Morgan fingerprint density at radius 3 is 1.71 bits per heavy atom. The van der Waals surface area contributed by atoms with Crippen molar-refractivity contribution in [2.24, 2.45) is 0 Å². The molecule has 1 aliphatic heterocycles. The first-order valence-corrected chi connectivity index (χ1v) is 3.90. The van der Waals surface area contributed by atoms with Crippen LogP contribution >= 0.6 is 0 Å². The van der Waals surface area contributed by atoms with E-state index in [4.69, 9.17) is 10.2 Å². The van der Waals surface area contributed by atoms with Crippen LogP contribution in [-0.2, 0) is 0 Å². The third kappa shape index (κ3) is 0.891. The van der Waals surface area contributed by atoms with E-state index in [-0.39, 0.29) is 11.1 Å². The molecular formula is C9H7NO4. The highest BCUT2D eigenvalue weighted by Crippen LogP contribution is 2.32. The van der Waals surface area contributed by atoms with Gasteiger partial charge in [0.15, 0.2) is 11.5 Å². The van der Waals surface area contributed by atoms with E-state index in [0.29, 0.717) is 0 Å². The second kappa shape index (κ2) is 2.47. The third-order valence-electron chi connectivity index (χ3n) is 2.18. The minimum atomic E-state index is -0.472. The van der Waals surface area contributed by atoms with Gasteiger partial charge in [0, 0.05) is 7.05 Å². The maximum atomic E-state index is 11.4. The van der Waals surface area contributed by atoms with Crippen molar-refractivity contribution in [1.29, 1.82) is 0 Å². The van der Waals surface area contributed by atoms with E-state index in [1.54, 1.807) is 0 Å². The van der Waals surface area contributed by atoms with Gasteiger partial charge in [-0.15, -0.1) is 0 Å². The van der Waals surface area contributed by atoms with Gasteiger partial charge in [-0.1, -0.05) is 0 Å². The van der Waals surface area contributed by atoms with Crippen LogP contribution in [0, 0.1) is 0 Å². The number of benzene rings is 1. The first-order chi connectivity index (χ1) is 6.52. The van der Waals surface area contributed by atoms with Gasteiger partial charge < -0.3 is 10.2 Å². The van der Waals surface area contributed by atoms with Crippen molar-refractivity contribution in [3.63, 3.8) is 0 Å². The van der Waals surface area contributed by atoms with Gasteiger partial charge in [0.25, 0.3) is 11.8 Å². The molecule has 0 aliphatic carbocycles. The molecule has 1 aliphatic rings. The minimum absolute atomic E-state index is 0.118. The highest BCUT2D eigenvalue weighted by molar-refractivity contribution is 6.21. The summed E-state index contributed by atoms with van der Waals surface area (Å²) in [7, 11) is 1.35. The van der Waals surface area contributed by atoms with Crippen molar-refractivity contribution >= 4 is 11.8 Å². The van der Waals surface area contributed by atoms with Crippen LogP contribution in [0.4, 0.5) is 0 Å². The number of fused-ring (bicyclic) bond motifs is 1. The Morgan fingerprint density at radius 2 is 1.36 bits per heavy atom. The number of amides is 2. The molecule has 0 saturated heterocycles. The van der Waals surface area contributed by atoms with Gasteiger partial charge in [0.1, 0.15) is 0 Å². The number of rotatable bonds is 0. The van der Waals surface area contributed by atoms with Crippen molar-refractivity contribution < 1.29 is 19.8 Å². The normalized spacial score (nSPS) is 14.8. The van der Waals surface area contributed by atoms with E-state index in [2.05, 4.69) is 0 Å². The van der Waals surface area contributed by atoms with Crippen LogP contribution < -0.4 is 0 Å². The van der Waals surface area contributed by atoms with Gasteiger partial charge >= 0.3 is 0 Å². The summed E-state index contributed by atoms with van der Waals surface area (Å²) in [5, 5.41) is 18.3. The number of hydrogen-bond donors (Lipinski definition) is 2. The fourth-order valence-corrected chi connectivity index (χ4v) is 1.38. The van der Waals surface area contributed by atoms with E-state index in [9.17, 15) is 9.59 Å². The summed E-state index contributed by atoms with van der Waals surface area (Å²) in [5.41, 5.74) is 0.237. The lowest BCUT2D eigenvalue weighted by Crippen LogP contribution is -2.24. The molecule has 0 atom stereocenters. The molecule has 14 heavy (non-hydrogen) atoms. The lowest BCUT2D eigenvalue weighted by atomic mass is 10.1. The van der Waals surface area contributed by atoms with Crippen LogP contribution in [0.3, 0.4) is 0 Å². The van der Waals surface area contributed by atoms with Gasteiger partial charge in [-0.2, -0.15) is 0 Å². The van der Waals surface area contributed by atoms with E-state index >= 15 is 0 Å². The first kappa shape index (κ1) is 8.55. The van der Waals surface area contributed by atoms with E-state index in [1.807, 2.05) is 0 Å². The Balaban J connectivity index is 2.71. The zero-order valence-electron chi connectivity index (χ0n) is 7.31. The number of nitrogens with zero attached hydrogens (tertiary/aromatic N) is 1. The fraction of sp³-hybridized carbons (Fsp3) is 0.111. The molecule has 72 valence electrons. The lowest BCUT2D eigenvalue weighted by Gasteiger charge is -2.02.